The van der Waals surface area contributed by atoms with Crippen molar-refractivity contribution in [3.63, 3.8) is 0 Å². The second-order valence-corrected chi connectivity index (χ2v) is 5.12. The lowest BCUT2D eigenvalue weighted by atomic mass is 10.1. The Morgan fingerprint density at radius 2 is 2.16 bits per heavy atom. The standard InChI is InChI=1S/C11H11Cl2N3O3/c12-8-4-7(10(13)15-14-8)11(19)16-2-1-6(5-16)3-9(17)18/h4,6H,1-3,5H2,(H,17,18). The van der Waals surface area contributed by atoms with Crippen LogP contribution in [0.3, 0.4) is 0 Å². The minimum atomic E-state index is -0.856. The first-order valence-corrected chi connectivity index (χ1v) is 6.42. The van der Waals surface area contributed by atoms with Gasteiger partial charge in [0.15, 0.2) is 10.3 Å². The van der Waals surface area contributed by atoms with Crippen molar-refractivity contribution in [1.82, 2.24) is 15.1 Å². The molecule has 1 fully saturated rings. The van der Waals surface area contributed by atoms with Crippen molar-refractivity contribution in [2.24, 2.45) is 5.92 Å². The average molecular weight is 304 g/mol. The van der Waals surface area contributed by atoms with Crippen molar-refractivity contribution in [3.8, 4) is 0 Å². The third kappa shape index (κ3) is 3.33. The van der Waals surface area contributed by atoms with E-state index in [1.165, 1.54) is 6.07 Å². The molecule has 2 heterocycles. The third-order valence-corrected chi connectivity index (χ3v) is 3.45. The van der Waals surface area contributed by atoms with Crippen LogP contribution in [-0.2, 0) is 4.79 Å². The Morgan fingerprint density at radius 3 is 2.84 bits per heavy atom. The molecular formula is C11H11Cl2N3O3. The number of likely N-dealkylation sites (tertiary alicyclic amines) is 1. The summed E-state index contributed by atoms with van der Waals surface area (Å²) in [6.45, 7) is 0.911. The van der Waals surface area contributed by atoms with Gasteiger partial charge in [0.05, 0.1) is 5.56 Å². The van der Waals surface area contributed by atoms with Crippen molar-refractivity contribution in [1.29, 1.82) is 0 Å². The Kier molecular flexibility index (Phi) is 4.21. The van der Waals surface area contributed by atoms with Gasteiger partial charge in [-0.3, -0.25) is 9.59 Å². The summed E-state index contributed by atoms with van der Waals surface area (Å²) < 4.78 is 0. The quantitative estimate of drug-likeness (QED) is 0.919. The maximum atomic E-state index is 12.2. The molecule has 0 spiro atoms. The lowest BCUT2D eigenvalue weighted by Gasteiger charge is -2.16. The van der Waals surface area contributed by atoms with E-state index < -0.39 is 5.97 Å². The number of aromatic nitrogens is 2. The summed E-state index contributed by atoms with van der Waals surface area (Å²) in [5, 5.41) is 15.9. The summed E-state index contributed by atoms with van der Waals surface area (Å²) in [5.74, 6) is -1.17. The van der Waals surface area contributed by atoms with Crippen LogP contribution in [0.2, 0.25) is 10.3 Å². The zero-order valence-electron chi connectivity index (χ0n) is 9.84. The highest BCUT2D eigenvalue weighted by atomic mass is 35.5. The molecule has 1 aliphatic rings. The number of hydrogen-bond donors (Lipinski definition) is 1. The maximum Gasteiger partial charge on any atom is 0.303 e. The number of carbonyl (C=O) groups excluding carboxylic acids is 1. The highest BCUT2D eigenvalue weighted by Gasteiger charge is 2.29. The number of aliphatic carboxylic acids is 1. The molecule has 1 saturated heterocycles. The van der Waals surface area contributed by atoms with Gasteiger partial charge in [-0.25, -0.2) is 0 Å². The largest absolute Gasteiger partial charge is 0.481 e. The summed E-state index contributed by atoms with van der Waals surface area (Å²) in [6.07, 6.45) is 0.731. The van der Waals surface area contributed by atoms with Crippen LogP contribution in [0.15, 0.2) is 6.07 Å². The summed E-state index contributed by atoms with van der Waals surface area (Å²) in [6, 6.07) is 1.36. The van der Waals surface area contributed by atoms with E-state index in [2.05, 4.69) is 10.2 Å². The normalized spacial score (nSPS) is 18.6. The molecule has 102 valence electrons. The first-order chi connectivity index (χ1) is 8.97. The topological polar surface area (TPSA) is 83.4 Å². The number of hydrogen-bond acceptors (Lipinski definition) is 4. The molecule has 0 aliphatic carbocycles. The number of nitrogens with zero attached hydrogens (tertiary/aromatic N) is 3. The van der Waals surface area contributed by atoms with Crippen LogP contribution in [0.25, 0.3) is 0 Å². The number of carboxylic acid groups (broad SMARTS) is 1. The van der Waals surface area contributed by atoms with E-state index in [0.29, 0.717) is 19.5 Å². The Balaban J connectivity index is 2.09. The van der Waals surface area contributed by atoms with Gasteiger partial charge in [-0.05, 0) is 18.4 Å². The van der Waals surface area contributed by atoms with Crippen molar-refractivity contribution in [3.05, 3.63) is 21.9 Å². The maximum absolute atomic E-state index is 12.2. The fraction of sp³-hybridized carbons (Fsp3) is 0.455. The molecule has 0 bridgehead atoms. The van der Waals surface area contributed by atoms with E-state index in [4.69, 9.17) is 28.3 Å². The highest BCUT2D eigenvalue weighted by molar-refractivity contribution is 6.34. The van der Waals surface area contributed by atoms with E-state index >= 15 is 0 Å². The molecule has 8 heteroatoms. The molecule has 1 aromatic rings. The highest BCUT2D eigenvalue weighted by Crippen LogP contribution is 2.24. The summed E-state index contributed by atoms with van der Waals surface area (Å²) in [4.78, 5) is 24.4. The molecule has 2 rings (SSSR count). The lowest BCUT2D eigenvalue weighted by molar-refractivity contribution is -0.138. The SMILES string of the molecule is O=C(O)CC1CCN(C(=O)c2cc(Cl)nnc2Cl)C1. The monoisotopic (exact) mass is 303 g/mol. The molecule has 1 aliphatic heterocycles. The van der Waals surface area contributed by atoms with Crippen LogP contribution < -0.4 is 0 Å². The summed E-state index contributed by atoms with van der Waals surface area (Å²) >= 11 is 11.5. The zero-order valence-corrected chi connectivity index (χ0v) is 11.4. The van der Waals surface area contributed by atoms with E-state index in [1.54, 1.807) is 4.90 Å². The summed E-state index contributed by atoms with van der Waals surface area (Å²) in [5.41, 5.74) is 0.192. The smallest absolute Gasteiger partial charge is 0.303 e. The van der Waals surface area contributed by atoms with Gasteiger partial charge in [0.25, 0.3) is 5.91 Å². The van der Waals surface area contributed by atoms with Gasteiger partial charge in [-0.1, -0.05) is 23.2 Å². The average Bonchev–Trinajstić information content (AvgIpc) is 2.79. The van der Waals surface area contributed by atoms with Gasteiger partial charge in [-0.2, -0.15) is 0 Å². The molecule has 19 heavy (non-hydrogen) atoms. The molecule has 6 nitrogen and oxygen atoms in total. The van der Waals surface area contributed by atoms with Gasteiger partial charge >= 0.3 is 5.97 Å². The predicted molar refractivity (Wildman–Crippen MR) is 68.3 cm³/mol. The Labute approximate surface area is 119 Å². The molecule has 1 amide bonds. The fourth-order valence-corrected chi connectivity index (χ4v) is 2.42. The van der Waals surface area contributed by atoms with E-state index in [1.807, 2.05) is 0 Å². The predicted octanol–water partition coefficient (Wildman–Crippen LogP) is 1.72. The van der Waals surface area contributed by atoms with Crippen LogP contribution in [-0.4, -0.2) is 45.2 Å². The minimum Gasteiger partial charge on any atom is -0.481 e. The molecule has 1 N–H and O–H groups in total. The Hall–Kier alpha value is -1.40. The van der Waals surface area contributed by atoms with Crippen LogP contribution in [0.4, 0.5) is 0 Å². The second kappa shape index (κ2) is 5.71. The minimum absolute atomic E-state index is 0.00363. The van der Waals surface area contributed by atoms with Gasteiger partial charge in [0, 0.05) is 19.5 Å². The zero-order chi connectivity index (χ0) is 14.0. The fourth-order valence-electron chi connectivity index (χ4n) is 2.10. The molecule has 1 atom stereocenters. The number of amides is 1. The second-order valence-electron chi connectivity index (χ2n) is 4.38. The van der Waals surface area contributed by atoms with Crippen LogP contribution in [0.1, 0.15) is 23.2 Å². The number of rotatable bonds is 3. The molecule has 0 aromatic carbocycles. The molecular weight excluding hydrogens is 293 g/mol. The van der Waals surface area contributed by atoms with Crippen molar-refractivity contribution in [2.45, 2.75) is 12.8 Å². The van der Waals surface area contributed by atoms with E-state index in [0.717, 1.165) is 0 Å². The van der Waals surface area contributed by atoms with Crippen LogP contribution in [0, 0.1) is 5.92 Å². The Bertz CT molecular complexity index is 524. The van der Waals surface area contributed by atoms with Gasteiger partial charge < -0.3 is 10.0 Å². The Morgan fingerprint density at radius 1 is 1.42 bits per heavy atom. The van der Waals surface area contributed by atoms with Gasteiger partial charge in [0.1, 0.15) is 0 Å². The van der Waals surface area contributed by atoms with E-state index in [-0.39, 0.29) is 34.1 Å². The van der Waals surface area contributed by atoms with Gasteiger partial charge in [-0.15, -0.1) is 10.2 Å². The van der Waals surface area contributed by atoms with Crippen molar-refractivity contribution >= 4 is 35.1 Å². The first-order valence-electron chi connectivity index (χ1n) is 5.67. The first kappa shape index (κ1) is 14.0. The molecule has 0 radical (unpaired) electrons. The van der Waals surface area contributed by atoms with Crippen molar-refractivity contribution in [2.75, 3.05) is 13.1 Å². The third-order valence-electron chi connectivity index (χ3n) is 2.99. The van der Waals surface area contributed by atoms with Crippen LogP contribution in [0.5, 0.6) is 0 Å². The molecule has 1 unspecified atom stereocenters. The number of carboxylic acids is 1. The summed E-state index contributed by atoms with van der Waals surface area (Å²) in [7, 11) is 0. The number of carbonyl (C=O) groups is 2. The van der Waals surface area contributed by atoms with Crippen molar-refractivity contribution < 1.29 is 14.7 Å². The molecule has 0 saturated carbocycles. The van der Waals surface area contributed by atoms with Crippen LogP contribution >= 0.6 is 23.2 Å². The van der Waals surface area contributed by atoms with Gasteiger partial charge in [0.2, 0.25) is 0 Å². The number of halogens is 2. The van der Waals surface area contributed by atoms with E-state index in [9.17, 15) is 9.59 Å². The molecule has 1 aromatic heterocycles. The lowest BCUT2D eigenvalue weighted by Crippen LogP contribution is -2.29.